The molecule has 0 unspecified atom stereocenters. The summed E-state index contributed by atoms with van der Waals surface area (Å²) in [6, 6.07) is 6.16. The van der Waals surface area contributed by atoms with Crippen molar-refractivity contribution in [1.29, 1.82) is 0 Å². The van der Waals surface area contributed by atoms with Crippen molar-refractivity contribution in [2.45, 2.75) is 19.9 Å². The van der Waals surface area contributed by atoms with Crippen LogP contribution in [0.5, 0.6) is 5.75 Å². The Morgan fingerprint density at radius 2 is 2.06 bits per heavy atom. The maximum Gasteiger partial charge on any atom is 0.124 e. The molecule has 90 valence electrons. The van der Waals surface area contributed by atoms with Crippen LogP contribution in [0.4, 0.5) is 0 Å². The molecule has 1 aromatic carbocycles. The van der Waals surface area contributed by atoms with Crippen LogP contribution in [0.3, 0.4) is 0 Å². The summed E-state index contributed by atoms with van der Waals surface area (Å²) < 4.78 is 5.74. The monoisotopic (exact) mass is 222 g/mol. The Labute approximate surface area is 98.2 Å². The number of nitrogens with two attached hydrogens (primary N) is 1. The lowest BCUT2D eigenvalue weighted by atomic mass is 10.1. The van der Waals surface area contributed by atoms with E-state index in [9.17, 15) is 0 Å². The fourth-order valence-corrected chi connectivity index (χ4v) is 1.49. The van der Waals surface area contributed by atoms with Gasteiger partial charge < -0.3 is 15.4 Å². The van der Waals surface area contributed by atoms with Crippen molar-refractivity contribution in [3.05, 3.63) is 29.3 Å². The molecule has 3 nitrogen and oxygen atoms in total. The summed E-state index contributed by atoms with van der Waals surface area (Å²) in [5, 5.41) is 0. The molecule has 0 aliphatic carbocycles. The van der Waals surface area contributed by atoms with Gasteiger partial charge in [0, 0.05) is 18.2 Å². The van der Waals surface area contributed by atoms with Crippen LogP contribution in [0.1, 0.15) is 24.1 Å². The standard InChI is InChI=1S/C13H22N2O/c1-10-5-6-13(12(9-10)11(2)14)16-8-7-15(3)4/h5-6,9,11H,7-8,14H2,1-4H3/t11-/m1/s1. The molecule has 1 aromatic rings. The first-order valence-electron chi connectivity index (χ1n) is 5.64. The Kier molecular flexibility index (Phi) is 4.77. The molecule has 0 fully saturated rings. The topological polar surface area (TPSA) is 38.5 Å². The van der Waals surface area contributed by atoms with Crippen LogP contribution in [-0.4, -0.2) is 32.1 Å². The minimum atomic E-state index is 0.00857. The average molecular weight is 222 g/mol. The second-order valence-electron chi connectivity index (χ2n) is 4.48. The Hall–Kier alpha value is -1.06. The van der Waals surface area contributed by atoms with Gasteiger partial charge in [-0.05, 0) is 34.0 Å². The van der Waals surface area contributed by atoms with Gasteiger partial charge in [0.2, 0.25) is 0 Å². The van der Waals surface area contributed by atoms with Crippen LogP contribution < -0.4 is 10.5 Å². The van der Waals surface area contributed by atoms with Crippen LogP contribution in [0.25, 0.3) is 0 Å². The van der Waals surface area contributed by atoms with Gasteiger partial charge >= 0.3 is 0 Å². The highest BCUT2D eigenvalue weighted by atomic mass is 16.5. The molecule has 0 aromatic heterocycles. The lowest BCUT2D eigenvalue weighted by molar-refractivity contribution is 0.258. The summed E-state index contributed by atoms with van der Waals surface area (Å²) >= 11 is 0. The number of nitrogens with zero attached hydrogens (tertiary/aromatic N) is 1. The van der Waals surface area contributed by atoms with E-state index < -0.39 is 0 Å². The van der Waals surface area contributed by atoms with Gasteiger partial charge in [0.05, 0.1) is 0 Å². The molecular formula is C13H22N2O. The summed E-state index contributed by atoms with van der Waals surface area (Å²) in [4.78, 5) is 2.10. The summed E-state index contributed by atoms with van der Waals surface area (Å²) in [5.74, 6) is 0.905. The molecule has 0 saturated carbocycles. The van der Waals surface area contributed by atoms with E-state index in [2.05, 4.69) is 24.0 Å². The van der Waals surface area contributed by atoms with E-state index in [0.717, 1.165) is 17.9 Å². The lowest BCUT2D eigenvalue weighted by Crippen LogP contribution is -2.20. The number of ether oxygens (including phenoxy) is 1. The minimum absolute atomic E-state index is 0.00857. The van der Waals surface area contributed by atoms with E-state index in [4.69, 9.17) is 10.5 Å². The first-order chi connectivity index (χ1) is 7.50. The van der Waals surface area contributed by atoms with Crippen molar-refractivity contribution < 1.29 is 4.74 Å². The molecule has 0 aliphatic heterocycles. The van der Waals surface area contributed by atoms with Crippen LogP contribution in [0, 0.1) is 6.92 Å². The average Bonchev–Trinajstić information content (AvgIpc) is 2.19. The zero-order valence-corrected chi connectivity index (χ0v) is 10.7. The molecule has 2 N–H and O–H groups in total. The molecule has 0 radical (unpaired) electrons. The lowest BCUT2D eigenvalue weighted by Gasteiger charge is -2.16. The zero-order valence-electron chi connectivity index (χ0n) is 10.7. The van der Waals surface area contributed by atoms with Crippen molar-refractivity contribution >= 4 is 0 Å². The van der Waals surface area contributed by atoms with Gasteiger partial charge in [-0.15, -0.1) is 0 Å². The molecular weight excluding hydrogens is 200 g/mol. The molecule has 0 spiro atoms. The third kappa shape index (κ3) is 3.83. The largest absolute Gasteiger partial charge is 0.492 e. The Balaban J connectivity index is 2.71. The number of aryl methyl sites for hydroxylation is 1. The van der Waals surface area contributed by atoms with Crippen LogP contribution in [0.2, 0.25) is 0 Å². The summed E-state index contributed by atoms with van der Waals surface area (Å²) in [7, 11) is 4.07. The van der Waals surface area contributed by atoms with E-state index in [0.29, 0.717) is 6.61 Å². The number of hydrogen-bond acceptors (Lipinski definition) is 3. The van der Waals surface area contributed by atoms with E-state index in [1.807, 2.05) is 27.1 Å². The highest BCUT2D eigenvalue weighted by Gasteiger charge is 2.08. The maximum absolute atomic E-state index is 5.92. The van der Waals surface area contributed by atoms with Gasteiger partial charge in [0.25, 0.3) is 0 Å². The molecule has 1 atom stereocenters. The van der Waals surface area contributed by atoms with E-state index >= 15 is 0 Å². The highest BCUT2D eigenvalue weighted by Crippen LogP contribution is 2.24. The van der Waals surface area contributed by atoms with Gasteiger partial charge in [0.1, 0.15) is 12.4 Å². The van der Waals surface area contributed by atoms with Crippen LogP contribution in [-0.2, 0) is 0 Å². The Morgan fingerprint density at radius 3 is 2.62 bits per heavy atom. The first kappa shape index (κ1) is 13.0. The van der Waals surface area contributed by atoms with Crippen molar-refractivity contribution in [1.82, 2.24) is 4.90 Å². The Bertz CT molecular complexity index is 335. The molecule has 1 rings (SSSR count). The van der Waals surface area contributed by atoms with E-state index in [1.165, 1.54) is 5.56 Å². The molecule has 0 saturated heterocycles. The van der Waals surface area contributed by atoms with E-state index in [-0.39, 0.29) is 6.04 Å². The first-order valence-corrected chi connectivity index (χ1v) is 5.64. The Morgan fingerprint density at radius 1 is 1.38 bits per heavy atom. The number of hydrogen-bond donors (Lipinski definition) is 1. The third-order valence-corrected chi connectivity index (χ3v) is 2.45. The fourth-order valence-electron chi connectivity index (χ4n) is 1.49. The number of rotatable bonds is 5. The molecule has 0 amide bonds. The second kappa shape index (κ2) is 5.87. The van der Waals surface area contributed by atoms with Crippen LogP contribution in [0.15, 0.2) is 18.2 Å². The van der Waals surface area contributed by atoms with Gasteiger partial charge in [-0.2, -0.15) is 0 Å². The van der Waals surface area contributed by atoms with Crippen LogP contribution >= 0.6 is 0 Å². The third-order valence-electron chi connectivity index (χ3n) is 2.45. The summed E-state index contributed by atoms with van der Waals surface area (Å²) in [6.07, 6.45) is 0. The molecule has 0 bridgehead atoms. The fraction of sp³-hybridized carbons (Fsp3) is 0.538. The van der Waals surface area contributed by atoms with Gasteiger partial charge in [-0.25, -0.2) is 0 Å². The quantitative estimate of drug-likeness (QED) is 0.827. The van der Waals surface area contributed by atoms with Gasteiger partial charge in [-0.3, -0.25) is 0 Å². The smallest absolute Gasteiger partial charge is 0.124 e. The van der Waals surface area contributed by atoms with Crippen molar-refractivity contribution in [3.8, 4) is 5.75 Å². The molecule has 0 heterocycles. The minimum Gasteiger partial charge on any atom is -0.492 e. The summed E-state index contributed by atoms with van der Waals surface area (Å²) in [6.45, 7) is 5.64. The number of benzene rings is 1. The van der Waals surface area contributed by atoms with Gasteiger partial charge in [0.15, 0.2) is 0 Å². The predicted molar refractivity (Wildman–Crippen MR) is 67.8 cm³/mol. The predicted octanol–water partition coefficient (Wildman–Crippen LogP) is 1.96. The highest BCUT2D eigenvalue weighted by molar-refractivity contribution is 5.38. The van der Waals surface area contributed by atoms with Crippen molar-refractivity contribution in [3.63, 3.8) is 0 Å². The van der Waals surface area contributed by atoms with Gasteiger partial charge in [-0.1, -0.05) is 17.7 Å². The second-order valence-corrected chi connectivity index (χ2v) is 4.48. The normalized spacial score (nSPS) is 12.9. The maximum atomic E-state index is 5.92. The SMILES string of the molecule is Cc1ccc(OCCN(C)C)c([C@@H](C)N)c1. The van der Waals surface area contributed by atoms with Crippen molar-refractivity contribution in [2.24, 2.45) is 5.73 Å². The molecule has 16 heavy (non-hydrogen) atoms. The summed E-state index contributed by atoms with van der Waals surface area (Å²) in [5.41, 5.74) is 8.22. The molecule has 3 heteroatoms. The zero-order chi connectivity index (χ0) is 12.1. The van der Waals surface area contributed by atoms with Crippen molar-refractivity contribution in [2.75, 3.05) is 27.2 Å². The number of likely N-dealkylation sites (N-methyl/N-ethyl adjacent to an activating group) is 1. The van der Waals surface area contributed by atoms with E-state index in [1.54, 1.807) is 0 Å². The molecule has 0 aliphatic rings.